The van der Waals surface area contributed by atoms with E-state index in [1.165, 1.54) is 12.1 Å². The summed E-state index contributed by atoms with van der Waals surface area (Å²) in [5, 5.41) is 9.15. The fraction of sp³-hybridized carbons (Fsp3) is 0.143. The average molecular weight is 284 g/mol. The van der Waals surface area contributed by atoms with Crippen molar-refractivity contribution in [2.24, 2.45) is 0 Å². The summed E-state index contributed by atoms with van der Waals surface area (Å²) in [6.07, 6.45) is 0. The van der Waals surface area contributed by atoms with Crippen molar-refractivity contribution in [3.05, 3.63) is 29.8 Å². The molecule has 1 rings (SSSR count). The number of rotatable bonds is 1. The molecule has 0 bridgehead atoms. The molecule has 0 aromatic heterocycles. The van der Waals surface area contributed by atoms with Crippen molar-refractivity contribution in [3.8, 4) is 5.75 Å². The molecular weight excluding hydrogens is 279 g/mol. The van der Waals surface area contributed by atoms with E-state index in [0.29, 0.717) is 0 Å². The third kappa shape index (κ3) is 2.17. The zero-order valence-corrected chi connectivity index (χ0v) is 8.56. The third-order valence-corrected chi connectivity index (χ3v) is 2.06. The number of para-hydroxylation sites is 1. The average Bonchev–Trinajstić information content (AvgIpc) is 1.86. The van der Waals surface area contributed by atoms with Crippen LogP contribution in [0.4, 0.5) is 4.39 Å². The summed E-state index contributed by atoms with van der Waals surface area (Å²) in [4.78, 5) is 0. The summed E-state index contributed by atoms with van der Waals surface area (Å²) in [5.74, 6) is -0.0799. The maximum atomic E-state index is 13.1. The summed E-state index contributed by atoms with van der Waals surface area (Å²) in [6, 6.07) is 6.18. The second-order valence-corrected chi connectivity index (χ2v) is 5.26. The molecule has 60 valence electrons. The first-order valence-corrected chi connectivity index (χ1v) is 4.45. The molecule has 0 unspecified atom stereocenters. The lowest BCUT2D eigenvalue weighted by atomic mass is 10.2. The maximum absolute atomic E-state index is 13.1. The molecule has 11 heavy (non-hydrogen) atoms. The molecular formula is C7H5Br2FO. The molecule has 1 N–H and O–H groups in total. The van der Waals surface area contributed by atoms with Gasteiger partial charge in [0.1, 0.15) is 5.75 Å². The predicted molar refractivity (Wildman–Crippen MR) is 48.7 cm³/mol. The van der Waals surface area contributed by atoms with Crippen molar-refractivity contribution in [2.75, 3.05) is 0 Å². The van der Waals surface area contributed by atoms with Crippen LogP contribution in [0.25, 0.3) is 0 Å². The van der Waals surface area contributed by atoms with Crippen LogP contribution in [-0.4, -0.2) is 5.11 Å². The fourth-order valence-corrected chi connectivity index (χ4v) is 1.38. The highest BCUT2D eigenvalue weighted by atomic mass is 79.9. The van der Waals surface area contributed by atoms with Crippen molar-refractivity contribution >= 4 is 31.9 Å². The lowest BCUT2D eigenvalue weighted by molar-refractivity contribution is 0.410. The largest absolute Gasteiger partial charge is 0.507 e. The first-order valence-electron chi connectivity index (χ1n) is 2.87. The Morgan fingerprint density at radius 1 is 1.27 bits per heavy atom. The highest BCUT2D eigenvalue weighted by molar-refractivity contribution is 9.24. The van der Waals surface area contributed by atoms with E-state index in [0.717, 1.165) is 0 Å². The van der Waals surface area contributed by atoms with Crippen molar-refractivity contribution in [3.63, 3.8) is 0 Å². The Morgan fingerprint density at radius 3 is 2.18 bits per heavy atom. The standard InChI is InChI=1S/C7H5Br2FO/c8-7(9,10)5-3-1-2-4-6(5)11/h1-4,11H. The molecule has 0 amide bonds. The van der Waals surface area contributed by atoms with Gasteiger partial charge in [0.2, 0.25) is 3.49 Å². The Morgan fingerprint density at radius 2 is 1.82 bits per heavy atom. The van der Waals surface area contributed by atoms with E-state index in [2.05, 4.69) is 31.9 Å². The Labute approximate surface area is 80.5 Å². The highest BCUT2D eigenvalue weighted by Gasteiger charge is 2.26. The molecule has 0 aliphatic rings. The fourth-order valence-electron chi connectivity index (χ4n) is 0.713. The van der Waals surface area contributed by atoms with E-state index >= 15 is 0 Å². The quantitative estimate of drug-likeness (QED) is 0.785. The van der Waals surface area contributed by atoms with E-state index in [-0.39, 0.29) is 11.3 Å². The van der Waals surface area contributed by atoms with Crippen LogP contribution in [0.15, 0.2) is 24.3 Å². The predicted octanol–water partition coefficient (Wildman–Crippen LogP) is 3.26. The topological polar surface area (TPSA) is 20.2 Å². The minimum atomic E-state index is -1.84. The Hall–Kier alpha value is -0.0900. The SMILES string of the molecule is Oc1ccccc1C(F)(Br)Br. The molecule has 0 aliphatic heterocycles. The maximum Gasteiger partial charge on any atom is 0.247 e. The van der Waals surface area contributed by atoms with E-state index in [4.69, 9.17) is 5.11 Å². The summed E-state index contributed by atoms with van der Waals surface area (Å²) in [5.41, 5.74) is 0.167. The lowest BCUT2D eigenvalue weighted by Gasteiger charge is -2.11. The van der Waals surface area contributed by atoms with Crippen LogP contribution in [-0.2, 0) is 3.49 Å². The first kappa shape index (κ1) is 9.00. The Bertz CT molecular complexity index is 257. The molecule has 0 heterocycles. The minimum absolute atomic E-state index is 0.0799. The number of benzene rings is 1. The molecule has 1 nitrogen and oxygen atoms in total. The van der Waals surface area contributed by atoms with Crippen LogP contribution in [0.3, 0.4) is 0 Å². The van der Waals surface area contributed by atoms with Crippen LogP contribution in [0.1, 0.15) is 5.56 Å². The number of phenolic OH excluding ortho intramolecular Hbond substituents is 1. The summed E-state index contributed by atoms with van der Waals surface area (Å²) in [6.45, 7) is 0. The van der Waals surface area contributed by atoms with Gasteiger partial charge in [0.25, 0.3) is 0 Å². The third-order valence-electron chi connectivity index (χ3n) is 1.21. The smallest absolute Gasteiger partial charge is 0.247 e. The van der Waals surface area contributed by atoms with Crippen LogP contribution in [0.2, 0.25) is 0 Å². The van der Waals surface area contributed by atoms with Gasteiger partial charge in [0.15, 0.2) is 0 Å². The number of hydrogen-bond donors (Lipinski definition) is 1. The van der Waals surface area contributed by atoms with Crippen molar-refractivity contribution < 1.29 is 9.50 Å². The van der Waals surface area contributed by atoms with Crippen molar-refractivity contribution in [1.29, 1.82) is 0 Å². The zero-order valence-electron chi connectivity index (χ0n) is 5.39. The molecule has 0 fully saturated rings. The van der Waals surface area contributed by atoms with Gasteiger partial charge in [0, 0.05) is 0 Å². The molecule has 1 aromatic carbocycles. The van der Waals surface area contributed by atoms with Gasteiger partial charge >= 0.3 is 0 Å². The van der Waals surface area contributed by atoms with Crippen molar-refractivity contribution in [2.45, 2.75) is 3.49 Å². The number of alkyl halides is 3. The Balaban J connectivity index is 3.14. The van der Waals surface area contributed by atoms with Crippen LogP contribution < -0.4 is 0 Å². The monoisotopic (exact) mass is 282 g/mol. The second-order valence-electron chi connectivity index (χ2n) is 2.01. The number of halogens is 3. The van der Waals surface area contributed by atoms with Crippen LogP contribution in [0, 0.1) is 0 Å². The van der Waals surface area contributed by atoms with E-state index in [1.807, 2.05) is 0 Å². The molecule has 0 atom stereocenters. The van der Waals surface area contributed by atoms with Gasteiger partial charge in [-0.25, -0.2) is 4.39 Å². The molecule has 1 aromatic rings. The Kier molecular flexibility index (Phi) is 2.54. The van der Waals surface area contributed by atoms with Gasteiger partial charge in [-0.3, -0.25) is 0 Å². The van der Waals surface area contributed by atoms with Gasteiger partial charge in [-0.05, 0) is 37.9 Å². The van der Waals surface area contributed by atoms with Crippen LogP contribution >= 0.6 is 31.9 Å². The van der Waals surface area contributed by atoms with Gasteiger partial charge in [-0.15, -0.1) is 0 Å². The molecule has 0 spiro atoms. The minimum Gasteiger partial charge on any atom is -0.507 e. The highest BCUT2D eigenvalue weighted by Crippen LogP contribution is 2.43. The zero-order chi connectivity index (χ0) is 8.48. The second kappa shape index (κ2) is 3.11. The van der Waals surface area contributed by atoms with E-state index < -0.39 is 3.49 Å². The van der Waals surface area contributed by atoms with E-state index in [1.54, 1.807) is 12.1 Å². The normalized spacial score (nSPS) is 11.5. The number of phenols is 1. The summed E-state index contributed by atoms with van der Waals surface area (Å²) < 4.78 is 11.2. The lowest BCUT2D eigenvalue weighted by Crippen LogP contribution is -1.99. The summed E-state index contributed by atoms with van der Waals surface area (Å²) >= 11 is 5.45. The summed E-state index contributed by atoms with van der Waals surface area (Å²) in [7, 11) is 0. The van der Waals surface area contributed by atoms with Crippen molar-refractivity contribution in [1.82, 2.24) is 0 Å². The van der Waals surface area contributed by atoms with Crippen LogP contribution in [0.5, 0.6) is 5.75 Å². The van der Waals surface area contributed by atoms with Gasteiger partial charge in [-0.1, -0.05) is 18.2 Å². The molecule has 4 heteroatoms. The molecule has 0 aliphatic carbocycles. The van der Waals surface area contributed by atoms with E-state index in [9.17, 15) is 4.39 Å². The molecule has 0 radical (unpaired) electrons. The first-order chi connectivity index (χ1) is 5.02. The molecule has 0 saturated heterocycles. The number of hydrogen-bond acceptors (Lipinski definition) is 1. The van der Waals surface area contributed by atoms with Gasteiger partial charge in [-0.2, -0.15) is 0 Å². The van der Waals surface area contributed by atoms with Gasteiger partial charge in [0.05, 0.1) is 5.56 Å². The van der Waals surface area contributed by atoms with Gasteiger partial charge < -0.3 is 5.11 Å². The number of aromatic hydroxyl groups is 1. The molecule has 0 saturated carbocycles.